The van der Waals surface area contributed by atoms with E-state index in [9.17, 15) is 13.6 Å². The van der Waals surface area contributed by atoms with Gasteiger partial charge in [-0.15, -0.1) is 16.4 Å². The minimum absolute atomic E-state index is 0.0515. The number of nitrogen functional groups attached to an aromatic ring is 1. The maximum atomic E-state index is 13.5. The van der Waals surface area contributed by atoms with Gasteiger partial charge in [0.25, 0.3) is 0 Å². The van der Waals surface area contributed by atoms with Gasteiger partial charge in [-0.2, -0.15) is 0 Å². The zero-order chi connectivity index (χ0) is 22.9. The van der Waals surface area contributed by atoms with E-state index in [0.717, 1.165) is 16.8 Å². The van der Waals surface area contributed by atoms with Crippen molar-refractivity contribution in [3.63, 3.8) is 0 Å². The molecule has 1 aliphatic heterocycles. The fourth-order valence-electron chi connectivity index (χ4n) is 3.74. The summed E-state index contributed by atoms with van der Waals surface area (Å²) in [5.74, 6) is -0.330. The maximum absolute atomic E-state index is 13.5. The number of pyridine rings is 1. The zero-order valence-corrected chi connectivity index (χ0v) is 18.2. The highest BCUT2D eigenvalue weighted by molar-refractivity contribution is 7.15. The summed E-state index contributed by atoms with van der Waals surface area (Å²) in [5, 5.41) is 5.01. The van der Waals surface area contributed by atoms with Gasteiger partial charge in [0, 0.05) is 36.4 Å². The molecule has 11 heteroatoms. The lowest BCUT2D eigenvalue weighted by Crippen LogP contribution is -2.36. The Morgan fingerprint density at radius 1 is 1.03 bits per heavy atom. The van der Waals surface area contributed by atoms with Crippen molar-refractivity contribution in [3.05, 3.63) is 64.8 Å². The Labute approximate surface area is 191 Å². The molecule has 0 radical (unpaired) electrons. The molecular weight excluding hydrogens is 448 g/mol. The third-order valence-corrected chi connectivity index (χ3v) is 6.38. The maximum Gasteiger partial charge on any atom is 0.244 e. The lowest BCUT2D eigenvalue weighted by atomic mass is 10.2. The summed E-state index contributed by atoms with van der Waals surface area (Å²) in [5.41, 5.74) is 7.72. The SMILES string of the molecule is Nc1nc2c(s1)CCN(C(=O)Cn1nc(-c3ccc(F)cn3)nc1-c1ccc(F)cc1)CC2. The molecule has 0 unspecified atom stereocenters. The van der Waals surface area contributed by atoms with Crippen LogP contribution in [0.3, 0.4) is 0 Å². The molecular formula is C22H19F2N7OS. The summed E-state index contributed by atoms with van der Waals surface area (Å²) >= 11 is 1.46. The van der Waals surface area contributed by atoms with Gasteiger partial charge in [-0.25, -0.2) is 28.4 Å². The Hall–Kier alpha value is -3.73. The van der Waals surface area contributed by atoms with Crippen LogP contribution in [0.15, 0.2) is 42.6 Å². The lowest BCUT2D eigenvalue weighted by Gasteiger charge is -2.20. The largest absolute Gasteiger partial charge is 0.375 e. The number of hydrogen-bond donors (Lipinski definition) is 1. The van der Waals surface area contributed by atoms with Crippen molar-refractivity contribution >= 4 is 22.4 Å². The standard InChI is InChI=1S/C22H19F2N7OS/c23-14-3-1-13(2-4-14)21-28-20(17-6-5-15(24)11-26-17)29-31(21)12-19(32)30-9-7-16-18(8-10-30)33-22(25)27-16/h1-6,11H,7-10,12H2,(H2,25,27). The summed E-state index contributed by atoms with van der Waals surface area (Å²) in [4.78, 5) is 28.9. The summed E-state index contributed by atoms with van der Waals surface area (Å²) in [7, 11) is 0. The molecule has 168 valence electrons. The number of anilines is 1. The van der Waals surface area contributed by atoms with Crippen molar-refractivity contribution in [2.24, 2.45) is 0 Å². The second-order valence-corrected chi connectivity index (χ2v) is 8.70. The van der Waals surface area contributed by atoms with Crippen LogP contribution in [-0.2, 0) is 24.2 Å². The lowest BCUT2D eigenvalue weighted by molar-refractivity contribution is -0.131. The summed E-state index contributed by atoms with van der Waals surface area (Å²) in [6.07, 6.45) is 2.42. The Morgan fingerprint density at radius 2 is 1.79 bits per heavy atom. The number of rotatable bonds is 4. The molecule has 1 amide bonds. The van der Waals surface area contributed by atoms with Crippen LogP contribution in [0.2, 0.25) is 0 Å². The number of carbonyl (C=O) groups excluding carboxylic acids is 1. The fourth-order valence-corrected chi connectivity index (χ4v) is 4.61. The van der Waals surface area contributed by atoms with Gasteiger partial charge in [0.15, 0.2) is 16.8 Å². The number of carbonyl (C=O) groups is 1. The zero-order valence-electron chi connectivity index (χ0n) is 17.4. The van der Waals surface area contributed by atoms with Crippen LogP contribution >= 0.6 is 11.3 Å². The molecule has 2 N–H and O–H groups in total. The summed E-state index contributed by atoms with van der Waals surface area (Å²) in [6.45, 7) is 1.03. The minimum Gasteiger partial charge on any atom is -0.375 e. The van der Waals surface area contributed by atoms with Crippen LogP contribution in [0.1, 0.15) is 10.6 Å². The van der Waals surface area contributed by atoms with Crippen LogP contribution in [-0.4, -0.2) is 48.6 Å². The van der Waals surface area contributed by atoms with Gasteiger partial charge >= 0.3 is 0 Å². The van der Waals surface area contributed by atoms with Crippen LogP contribution in [0, 0.1) is 11.6 Å². The summed E-state index contributed by atoms with van der Waals surface area (Å²) < 4.78 is 28.2. The first-order valence-corrected chi connectivity index (χ1v) is 11.1. The van der Waals surface area contributed by atoms with Gasteiger partial charge < -0.3 is 10.6 Å². The van der Waals surface area contributed by atoms with Crippen molar-refractivity contribution in [2.75, 3.05) is 18.8 Å². The van der Waals surface area contributed by atoms with Crippen LogP contribution in [0.5, 0.6) is 0 Å². The molecule has 33 heavy (non-hydrogen) atoms. The first-order valence-electron chi connectivity index (χ1n) is 10.3. The monoisotopic (exact) mass is 467 g/mol. The van der Waals surface area contributed by atoms with Gasteiger partial charge in [0.2, 0.25) is 5.91 Å². The Balaban J connectivity index is 1.42. The Kier molecular flexibility index (Phi) is 5.55. The number of fused-ring (bicyclic) bond motifs is 1. The molecule has 4 aromatic rings. The van der Waals surface area contributed by atoms with Crippen molar-refractivity contribution in [1.29, 1.82) is 0 Å². The molecule has 0 fully saturated rings. The van der Waals surface area contributed by atoms with E-state index in [0.29, 0.717) is 48.1 Å². The van der Waals surface area contributed by atoms with E-state index in [1.165, 1.54) is 40.3 Å². The van der Waals surface area contributed by atoms with E-state index in [1.807, 2.05) is 0 Å². The van der Waals surface area contributed by atoms with Crippen molar-refractivity contribution < 1.29 is 13.6 Å². The van der Waals surface area contributed by atoms with E-state index >= 15 is 0 Å². The minimum atomic E-state index is -0.474. The highest BCUT2D eigenvalue weighted by atomic mass is 32.1. The molecule has 4 heterocycles. The Morgan fingerprint density at radius 3 is 2.55 bits per heavy atom. The van der Waals surface area contributed by atoms with Crippen LogP contribution < -0.4 is 5.73 Å². The molecule has 0 atom stereocenters. The molecule has 3 aromatic heterocycles. The third-order valence-electron chi connectivity index (χ3n) is 5.39. The first kappa shape index (κ1) is 21.1. The number of halogens is 2. The van der Waals surface area contributed by atoms with E-state index in [-0.39, 0.29) is 24.1 Å². The normalized spacial score (nSPS) is 13.6. The smallest absolute Gasteiger partial charge is 0.244 e. The molecule has 1 aromatic carbocycles. The number of benzene rings is 1. The molecule has 8 nitrogen and oxygen atoms in total. The fraction of sp³-hybridized carbons (Fsp3) is 0.227. The van der Waals surface area contributed by atoms with Crippen molar-refractivity contribution in [3.8, 4) is 22.9 Å². The van der Waals surface area contributed by atoms with Gasteiger partial charge in [-0.05, 0) is 36.4 Å². The van der Waals surface area contributed by atoms with Gasteiger partial charge in [-0.3, -0.25) is 4.79 Å². The molecule has 0 saturated heterocycles. The summed E-state index contributed by atoms with van der Waals surface area (Å²) in [6, 6.07) is 8.51. The number of nitrogens with zero attached hydrogens (tertiary/aromatic N) is 6. The average Bonchev–Trinajstić information content (AvgIpc) is 3.32. The first-order chi connectivity index (χ1) is 16.0. The number of thiazole rings is 1. The van der Waals surface area contributed by atoms with Crippen LogP contribution in [0.25, 0.3) is 22.9 Å². The second kappa shape index (κ2) is 8.66. The number of amides is 1. The molecule has 0 bridgehead atoms. The number of aromatic nitrogens is 5. The van der Waals surface area contributed by atoms with Crippen molar-refractivity contribution in [2.45, 2.75) is 19.4 Å². The number of hydrogen-bond acceptors (Lipinski definition) is 7. The molecule has 0 spiro atoms. The predicted octanol–water partition coefficient (Wildman–Crippen LogP) is 2.95. The quantitative estimate of drug-likeness (QED) is 0.495. The van der Waals surface area contributed by atoms with Gasteiger partial charge in [0.05, 0.1) is 11.9 Å². The average molecular weight is 468 g/mol. The van der Waals surface area contributed by atoms with E-state index in [4.69, 9.17) is 5.73 Å². The molecule has 0 saturated carbocycles. The van der Waals surface area contributed by atoms with E-state index < -0.39 is 5.82 Å². The topological polar surface area (TPSA) is 103 Å². The molecule has 0 aliphatic carbocycles. The van der Waals surface area contributed by atoms with Crippen molar-refractivity contribution in [1.82, 2.24) is 29.6 Å². The Bertz CT molecular complexity index is 1280. The third kappa shape index (κ3) is 4.44. The number of nitrogens with two attached hydrogens (primary N) is 1. The van der Waals surface area contributed by atoms with Gasteiger partial charge in [0.1, 0.15) is 23.9 Å². The molecule has 1 aliphatic rings. The van der Waals surface area contributed by atoms with E-state index in [2.05, 4.69) is 20.1 Å². The molecule has 5 rings (SSSR count). The predicted molar refractivity (Wildman–Crippen MR) is 119 cm³/mol. The highest BCUT2D eigenvalue weighted by Gasteiger charge is 2.23. The van der Waals surface area contributed by atoms with E-state index in [1.54, 1.807) is 17.0 Å². The second-order valence-electron chi connectivity index (χ2n) is 7.59. The van der Waals surface area contributed by atoms with Crippen LogP contribution in [0.4, 0.5) is 13.9 Å². The highest BCUT2D eigenvalue weighted by Crippen LogP contribution is 2.25. The van der Waals surface area contributed by atoms with Gasteiger partial charge in [-0.1, -0.05) is 0 Å².